The molecule has 3 rings (SSSR count). The molecule has 1 heterocycles. The van der Waals surface area contributed by atoms with Gasteiger partial charge in [-0.05, 0) is 35.2 Å². The first-order valence-electron chi connectivity index (χ1n) is 7.47. The average Bonchev–Trinajstić information content (AvgIpc) is 2.53. The van der Waals surface area contributed by atoms with E-state index in [2.05, 4.69) is 104 Å². The molecule has 2 aromatic carbocycles. The zero-order chi connectivity index (χ0) is 15.5. The Morgan fingerprint density at radius 3 is 2.23 bits per heavy atom. The Labute approximate surface area is 131 Å². The van der Waals surface area contributed by atoms with Gasteiger partial charge in [-0.1, -0.05) is 30.3 Å². The van der Waals surface area contributed by atoms with Crippen LogP contribution in [0.5, 0.6) is 0 Å². The maximum absolute atomic E-state index is 2.22. The molecule has 0 aliphatic carbocycles. The predicted molar refractivity (Wildman–Crippen MR) is 94.8 cm³/mol. The third-order valence-electron chi connectivity index (χ3n) is 3.90. The Bertz CT molecular complexity index is 815. The molecule has 0 unspecified atom stereocenters. The molecular formula is C20H21N2+. The summed E-state index contributed by atoms with van der Waals surface area (Å²) in [4.78, 5) is 2.11. The first kappa shape index (κ1) is 14.3. The molecule has 0 saturated carbocycles. The molecule has 0 spiro atoms. The number of fused-ring (bicyclic) bond motifs is 1. The summed E-state index contributed by atoms with van der Waals surface area (Å²) in [5.74, 6) is 0. The highest BCUT2D eigenvalue weighted by molar-refractivity contribution is 5.83. The Hall–Kier alpha value is -2.61. The van der Waals surface area contributed by atoms with Crippen molar-refractivity contribution < 1.29 is 4.57 Å². The SMILES string of the molecule is CN(C)c1ccc(C=Cc2cc3ccccc3c[n+]2C)cc1. The number of aromatic nitrogens is 1. The van der Waals surface area contributed by atoms with E-state index >= 15 is 0 Å². The van der Waals surface area contributed by atoms with Crippen molar-refractivity contribution in [2.45, 2.75) is 0 Å². The van der Waals surface area contributed by atoms with Gasteiger partial charge in [0.2, 0.25) is 5.69 Å². The fraction of sp³-hybridized carbons (Fsp3) is 0.150. The van der Waals surface area contributed by atoms with Gasteiger partial charge < -0.3 is 4.90 Å². The van der Waals surface area contributed by atoms with Crippen LogP contribution in [0, 0.1) is 0 Å². The summed E-state index contributed by atoms with van der Waals surface area (Å²) in [5, 5.41) is 2.53. The van der Waals surface area contributed by atoms with E-state index in [1.54, 1.807) is 0 Å². The fourth-order valence-corrected chi connectivity index (χ4v) is 2.54. The van der Waals surface area contributed by atoms with E-state index in [1.165, 1.54) is 27.7 Å². The van der Waals surface area contributed by atoms with Crippen LogP contribution in [-0.4, -0.2) is 14.1 Å². The lowest BCUT2D eigenvalue weighted by molar-refractivity contribution is -0.671. The van der Waals surface area contributed by atoms with E-state index in [0.29, 0.717) is 0 Å². The maximum atomic E-state index is 2.22. The molecule has 110 valence electrons. The van der Waals surface area contributed by atoms with E-state index in [9.17, 15) is 0 Å². The number of hydrogen-bond acceptors (Lipinski definition) is 1. The highest BCUT2D eigenvalue weighted by Crippen LogP contribution is 2.16. The second-order valence-corrected chi connectivity index (χ2v) is 5.76. The van der Waals surface area contributed by atoms with E-state index in [-0.39, 0.29) is 0 Å². The summed E-state index contributed by atoms with van der Waals surface area (Å²) in [5.41, 5.74) is 3.61. The zero-order valence-electron chi connectivity index (χ0n) is 13.3. The normalized spacial score (nSPS) is 11.2. The van der Waals surface area contributed by atoms with Crippen molar-refractivity contribution in [2.24, 2.45) is 7.05 Å². The molecule has 3 aromatic rings. The van der Waals surface area contributed by atoms with Gasteiger partial charge in [-0.2, -0.15) is 0 Å². The molecule has 0 saturated heterocycles. The van der Waals surface area contributed by atoms with Crippen LogP contribution in [0.1, 0.15) is 11.3 Å². The van der Waals surface area contributed by atoms with Crippen molar-refractivity contribution in [2.75, 3.05) is 19.0 Å². The summed E-state index contributed by atoms with van der Waals surface area (Å²) in [6, 6.07) is 19.2. The third-order valence-corrected chi connectivity index (χ3v) is 3.90. The molecule has 0 bridgehead atoms. The fourth-order valence-electron chi connectivity index (χ4n) is 2.54. The first-order chi connectivity index (χ1) is 10.6. The summed E-state index contributed by atoms with van der Waals surface area (Å²) < 4.78 is 2.16. The maximum Gasteiger partial charge on any atom is 0.205 e. The van der Waals surface area contributed by atoms with Crippen LogP contribution in [0.4, 0.5) is 5.69 Å². The monoisotopic (exact) mass is 289 g/mol. The van der Waals surface area contributed by atoms with Gasteiger partial charge in [0.15, 0.2) is 6.20 Å². The minimum Gasteiger partial charge on any atom is -0.378 e. The van der Waals surface area contributed by atoms with Gasteiger partial charge in [0.25, 0.3) is 0 Å². The quantitative estimate of drug-likeness (QED) is 0.663. The van der Waals surface area contributed by atoms with E-state index in [0.717, 1.165) is 0 Å². The average molecular weight is 289 g/mol. The van der Waals surface area contributed by atoms with Gasteiger partial charge in [-0.3, -0.25) is 0 Å². The van der Waals surface area contributed by atoms with Gasteiger partial charge in [-0.15, -0.1) is 0 Å². The molecule has 0 radical (unpaired) electrons. The van der Waals surface area contributed by atoms with Gasteiger partial charge >= 0.3 is 0 Å². The molecule has 0 atom stereocenters. The zero-order valence-corrected chi connectivity index (χ0v) is 13.3. The second kappa shape index (κ2) is 6.02. The van der Waals surface area contributed by atoms with E-state index in [4.69, 9.17) is 0 Å². The molecule has 0 amide bonds. The lowest BCUT2D eigenvalue weighted by Gasteiger charge is -2.11. The van der Waals surface area contributed by atoms with Gasteiger partial charge in [0.05, 0.1) is 0 Å². The van der Waals surface area contributed by atoms with Gasteiger partial charge in [-0.25, -0.2) is 4.57 Å². The van der Waals surface area contributed by atoms with E-state index < -0.39 is 0 Å². The number of anilines is 1. The largest absolute Gasteiger partial charge is 0.378 e. The van der Waals surface area contributed by atoms with Crippen molar-refractivity contribution in [3.63, 3.8) is 0 Å². The summed E-state index contributed by atoms with van der Waals surface area (Å²) >= 11 is 0. The Balaban J connectivity index is 1.90. The van der Waals surface area contributed by atoms with Crippen molar-refractivity contribution >= 4 is 28.6 Å². The highest BCUT2D eigenvalue weighted by atomic mass is 15.1. The molecule has 1 aromatic heterocycles. The number of nitrogens with zero attached hydrogens (tertiary/aromatic N) is 2. The Kier molecular flexibility index (Phi) is 3.92. The second-order valence-electron chi connectivity index (χ2n) is 5.76. The smallest absolute Gasteiger partial charge is 0.205 e. The van der Waals surface area contributed by atoms with Crippen molar-refractivity contribution in [3.8, 4) is 0 Å². The van der Waals surface area contributed by atoms with Crippen molar-refractivity contribution in [1.82, 2.24) is 0 Å². The van der Waals surface area contributed by atoms with E-state index in [1.807, 2.05) is 0 Å². The minimum absolute atomic E-state index is 1.19. The van der Waals surface area contributed by atoms with Crippen LogP contribution in [0.3, 0.4) is 0 Å². The molecule has 2 nitrogen and oxygen atoms in total. The minimum atomic E-state index is 1.19. The standard InChI is InChI=1S/C20H21N2/c1-21(2)19-11-8-16(9-12-19)10-13-20-14-17-6-4-5-7-18(17)15-22(20)3/h4-15H,1-3H3/q+1. The lowest BCUT2D eigenvalue weighted by atomic mass is 10.1. The molecule has 0 aliphatic rings. The number of rotatable bonds is 3. The summed E-state index contributed by atoms with van der Waals surface area (Å²) in [7, 11) is 6.20. The van der Waals surface area contributed by atoms with Gasteiger partial charge in [0, 0.05) is 37.3 Å². The number of benzene rings is 2. The number of pyridine rings is 1. The Morgan fingerprint density at radius 2 is 1.55 bits per heavy atom. The van der Waals surface area contributed by atoms with Crippen LogP contribution >= 0.6 is 0 Å². The van der Waals surface area contributed by atoms with Crippen LogP contribution in [0.2, 0.25) is 0 Å². The lowest BCUT2D eigenvalue weighted by Crippen LogP contribution is -2.31. The summed E-state index contributed by atoms with van der Waals surface area (Å²) in [6.07, 6.45) is 6.49. The van der Waals surface area contributed by atoms with Crippen LogP contribution in [0.25, 0.3) is 22.9 Å². The van der Waals surface area contributed by atoms with Crippen LogP contribution < -0.4 is 9.47 Å². The third kappa shape index (κ3) is 3.01. The number of aryl methyl sites for hydroxylation is 1. The molecule has 0 fully saturated rings. The van der Waals surface area contributed by atoms with Gasteiger partial charge in [0.1, 0.15) is 7.05 Å². The molecule has 2 heteroatoms. The van der Waals surface area contributed by atoms with Crippen LogP contribution in [0.15, 0.2) is 60.8 Å². The molecule has 22 heavy (non-hydrogen) atoms. The topological polar surface area (TPSA) is 7.12 Å². The Morgan fingerprint density at radius 1 is 0.864 bits per heavy atom. The van der Waals surface area contributed by atoms with Crippen molar-refractivity contribution in [3.05, 3.63) is 72.1 Å². The highest BCUT2D eigenvalue weighted by Gasteiger charge is 2.05. The molecular weight excluding hydrogens is 268 g/mol. The summed E-state index contributed by atoms with van der Waals surface area (Å²) in [6.45, 7) is 0. The predicted octanol–water partition coefficient (Wildman–Crippen LogP) is 3.90. The molecule has 0 N–H and O–H groups in total. The number of hydrogen-bond donors (Lipinski definition) is 0. The van der Waals surface area contributed by atoms with Crippen molar-refractivity contribution in [1.29, 1.82) is 0 Å². The van der Waals surface area contributed by atoms with Crippen LogP contribution in [-0.2, 0) is 7.05 Å². The first-order valence-corrected chi connectivity index (χ1v) is 7.47. The molecule has 0 aliphatic heterocycles.